The normalized spacial score (nSPS) is 16.1. The number of halogens is 1. The molecular formula is C22H19ClN2O2S. The smallest absolute Gasteiger partial charge is 0.293 e. The molecule has 2 aromatic carbocycles. The number of rotatable bonds is 4. The van der Waals surface area contributed by atoms with Crippen molar-refractivity contribution in [1.29, 1.82) is 0 Å². The summed E-state index contributed by atoms with van der Waals surface area (Å²) < 4.78 is 2.18. The van der Waals surface area contributed by atoms with Gasteiger partial charge in [-0.1, -0.05) is 41.9 Å². The minimum absolute atomic E-state index is 0.219. The van der Waals surface area contributed by atoms with E-state index in [1.807, 2.05) is 42.6 Å². The molecule has 142 valence electrons. The molecule has 0 saturated carbocycles. The van der Waals surface area contributed by atoms with Gasteiger partial charge < -0.3 is 4.57 Å². The van der Waals surface area contributed by atoms with Crippen LogP contribution in [0, 0.1) is 0 Å². The number of nitrogens with zero attached hydrogens (tertiary/aromatic N) is 2. The van der Waals surface area contributed by atoms with Gasteiger partial charge in [0.25, 0.3) is 11.1 Å². The molecule has 4 rings (SSSR count). The van der Waals surface area contributed by atoms with Crippen molar-refractivity contribution in [3.63, 3.8) is 0 Å². The maximum Gasteiger partial charge on any atom is 0.293 e. The standard InChI is InChI=1S/C22H19ClN2O2S/c1-14(2)24-13-16(18-8-3-4-9-19(18)24)11-20-21(26)25(22(27)28-20)12-15-6-5-7-17(23)10-15/h3-11,13-14H,12H2,1-2H3/b20-11-. The molecule has 2 heterocycles. The molecule has 0 spiro atoms. The van der Waals surface area contributed by atoms with Crippen molar-refractivity contribution in [2.24, 2.45) is 0 Å². The lowest BCUT2D eigenvalue weighted by molar-refractivity contribution is -0.123. The van der Waals surface area contributed by atoms with Gasteiger partial charge in [0.05, 0.1) is 11.4 Å². The molecule has 0 N–H and O–H groups in total. The molecule has 0 radical (unpaired) electrons. The SMILES string of the molecule is CC(C)n1cc(/C=C2\SC(=O)N(Cc3cccc(Cl)c3)C2=O)c2ccccc21. The fourth-order valence-corrected chi connectivity index (χ4v) is 4.41. The van der Waals surface area contributed by atoms with Crippen molar-refractivity contribution in [2.45, 2.75) is 26.4 Å². The monoisotopic (exact) mass is 410 g/mol. The zero-order chi connectivity index (χ0) is 19.8. The van der Waals surface area contributed by atoms with E-state index >= 15 is 0 Å². The summed E-state index contributed by atoms with van der Waals surface area (Å²) in [6.45, 7) is 4.46. The third-order valence-corrected chi connectivity index (χ3v) is 5.86. The van der Waals surface area contributed by atoms with Gasteiger partial charge in [0.2, 0.25) is 0 Å². The average molecular weight is 411 g/mol. The van der Waals surface area contributed by atoms with Crippen LogP contribution in [-0.4, -0.2) is 20.6 Å². The molecule has 4 nitrogen and oxygen atoms in total. The number of para-hydroxylation sites is 1. The second-order valence-corrected chi connectivity index (χ2v) is 8.43. The summed E-state index contributed by atoms with van der Waals surface area (Å²) in [7, 11) is 0. The molecule has 2 amide bonds. The summed E-state index contributed by atoms with van der Waals surface area (Å²) in [6, 6.07) is 15.6. The molecular weight excluding hydrogens is 392 g/mol. The molecule has 0 atom stereocenters. The number of thioether (sulfide) groups is 1. The number of carbonyl (C=O) groups excluding carboxylic acids is 2. The first kappa shape index (κ1) is 18.8. The fourth-order valence-electron chi connectivity index (χ4n) is 3.37. The van der Waals surface area contributed by atoms with Crippen molar-refractivity contribution in [2.75, 3.05) is 0 Å². The highest BCUT2D eigenvalue weighted by Crippen LogP contribution is 2.35. The number of hydrogen-bond donors (Lipinski definition) is 0. The van der Waals surface area contributed by atoms with Gasteiger partial charge in [-0.3, -0.25) is 14.5 Å². The van der Waals surface area contributed by atoms with Crippen molar-refractivity contribution < 1.29 is 9.59 Å². The van der Waals surface area contributed by atoms with Crippen LogP contribution in [-0.2, 0) is 11.3 Å². The highest BCUT2D eigenvalue weighted by Gasteiger charge is 2.35. The van der Waals surface area contributed by atoms with Gasteiger partial charge in [-0.15, -0.1) is 0 Å². The summed E-state index contributed by atoms with van der Waals surface area (Å²) in [5.41, 5.74) is 2.88. The topological polar surface area (TPSA) is 42.3 Å². The Kier molecular flexibility index (Phi) is 5.04. The molecule has 0 aliphatic carbocycles. The zero-order valence-corrected chi connectivity index (χ0v) is 17.1. The summed E-state index contributed by atoms with van der Waals surface area (Å²) in [5, 5.41) is 1.39. The van der Waals surface area contributed by atoms with Crippen LogP contribution in [0.5, 0.6) is 0 Å². The lowest BCUT2D eigenvalue weighted by atomic mass is 10.1. The van der Waals surface area contributed by atoms with Gasteiger partial charge in [0, 0.05) is 33.7 Å². The molecule has 0 unspecified atom stereocenters. The van der Waals surface area contributed by atoms with E-state index in [0.29, 0.717) is 16.0 Å². The zero-order valence-electron chi connectivity index (χ0n) is 15.6. The summed E-state index contributed by atoms with van der Waals surface area (Å²) in [5.74, 6) is -0.267. The lowest BCUT2D eigenvalue weighted by Crippen LogP contribution is -2.27. The number of aromatic nitrogens is 1. The highest BCUT2D eigenvalue weighted by molar-refractivity contribution is 8.18. The molecule has 0 bridgehead atoms. The average Bonchev–Trinajstić information content (AvgIpc) is 3.15. The fraction of sp³-hybridized carbons (Fsp3) is 0.182. The van der Waals surface area contributed by atoms with E-state index in [1.165, 1.54) is 4.90 Å². The van der Waals surface area contributed by atoms with Crippen LogP contribution in [0.1, 0.15) is 31.0 Å². The minimum Gasteiger partial charge on any atom is -0.344 e. The van der Waals surface area contributed by atoms with Crippen molar-refractivity contribution in [1.82, 2.24) is 9.47 Å². The van der Waals surface area contributed by atoms with Crippen molar-refractivity contribution in [3.8, 4) is 0 Å². The van der Waals surface area contributed by atoms with Crippen LogP contribution in [0.15, 0.2) is 59.6 Å². The number of hydrogen-bond acceptors (Lipinski definition) is 3. The first-order valence-corrected chi connectivity index (χ1v) is 10.2. The number of imide groups is 1. The second kappa shape index (κ2) is 7.49. The highest BCUT2D eigenvalue weighted by atomic mass is 35.5. The molecule has 1 saturated heterocycles. The van der Waals surface area contributed by atoms with Crippen molar-refractivity contribution in [3.05, 3.63) is 75.8 Å². The van der Waals surface area contributed by atoms with Crippen LogP contribution >= 0.6 is 23.4 Å². The molecule has 1 aliphatic rings. The van der Waals surface area contributed by atoms with E-state index in [2.05, 4.69) is 24.5 Å². The number of amides is 2. The van der Waals surface area contributed by atoms with E-state index < -0.39 is 0 Å². The van der Waals surface area contributed by atoms with Gasteiger partial charge in [-0.25, -0.2) is 0 Å². The first-order chi connectivity index (χ1) is 13.4. The van der Waals surface area contributed by atoms with Gasteiger partial charge in [-0.2, -0.15) is 0 Å². The maximum absolute atomic E-state index is 12.9. The van der Waals surface area contributed by atoms with E-state index in [0.717, 1.165) is 33.8 Å². The van der Waals surface area contributed by atoms with Crippen LogP contribution in [0.2, 0.25) is 5.02 Å². The maximum atomic E-state index is 12.9. The molecule has 28 heavy (non-hydrogen) atoms. The molecule has 1 fully saturated rings. The lowest BCUT2D eigenvalue weighted by Gasteiger charge is -2.12. The Morgan fingerprint density at radius 3 is 2.64 bits per heavy atom. The molecule has 1 aromatic heterocycles. The third kappa shape index (κ3) is 3.48. The van der Waals surface area contributed by atoms with Crippen LogP contribution in [0.25, 0.3) is 17.0 Å². The Morgan fingerprint density at radius 1 is 1.11 bits per heavy atom. The molecule has 1 aliphatic heterocycles. The largest absolute Gasteiger partial charge is 0.344 e. The Hall–Kier alpha value is -2.50. The Balaban J connectivity index is 1.67. The predicted octanol–water partition coefficient (Wildman–Crippen LogP) is 6.11. The van der Waals surface area contributed by atoms with Crippen LogP contribution in [0.4, 0.5) is 4.79 Å². The molecule has 6 heteroatoms. The molecule has 3 aromatic rings. The minimum atomic E-state index is -0.267. The summed E-state index contributed by atoms with van der Waals surface area (Å²) in [4.78, 5) is 27.0. The van der Waals surface area contributed by atoms with Gasteiger partial charge in [-0.05, 0) is 55.4 Å². The van der Waals surface area contributed by atoms with E-state index in [4.69, 9.17) is 11.6 Å². The Bertz CT molecular complexity index is 1120. The van der Waals surface area contributed by atoms with Gasteiger partial charge in [0.1, 0.15) is 0 Å². The van der Waals surface area contributed by atoms with Crippen molar-refractivity contribution >= 4 is 51.5 Å². The first-order valence-electron chi connectivity index (χ1n) is 9.03. The van der Waals surface area contributed by atoms with E-state index in [-0.39, 0.29) is 17.7 Å². The number of benzene rings is 2. The number of carbonyl (C=O) groups is 2. The van der Waals surface area contributed by atoms with Crippen LogP contribution in [0.3, 0.4) is 0 Å². The van der Waals surface area contributed by atoms with Crippen LogP contribution < -0.4 is 0 Å². The Labute approximate surface area is 172 Å². The third-order valence-electron chi connectivity index (χ3n) is 4.72. The van der Waals surface area contributed by atoms with E-state index in [9.17, 15) is 9.59 Å². The predicted molar refractivity (Wildman–Crippen MR) is 115 cm³/mol. The summed E-state index contributed by atoms with van der Waals surface area (Å²) in [6.07, 6.45) is 3.87. The van der Waals surface area contributed by atoms with Gasteiger partial charge in [0.15, 0.2) is 0 Å². The number of fused-ring (bicyclic) bond motifs is 1. The quantitative estimate of drug-likeness (QED) is 0.487. The Morgan fingerprint density at radius 2 is 1.89 bits per heavy atom. The second-order valence-electron chi connectivity index (χ2n) is 7.00. The summed E-state index contributed by atoms with van der Waals surface area (Å²) >= 11 is 7.00. The van der Waals surface area contributed by atoms with Gasteiger partial charge >= 0.3 is 0 Å². The van der Waals surface area contributed by atoms with E-state index in [1.54, 1.807) is 12.1 Å².